The summed E-state index contributed by atoms with van der Waals surface area (Å²) in [5.41, 5.74) is 0. The van der Waals surface area contributed by atoms with Crippen molar-refractivity contribution in [2.24, 2.45) is 7.05 Å². The summed E-state index contributed by atoms with van der Waals surface area (Å²) in [6.07, 6.45) is 7.86. The Morgan fingerprint density at radius 2 is 2.26 bits per heavy atom. The Kier molecular flexibility index (Phi) is 5.79. The van der Waals surface area contributed by atoms with Crippen LogP contribution >= 0.6 is 0 Å². The van der Waals surface area contributed by atoms with Crippen molar-refractivity contribution in [2.45, 2.75) is 45.1 Å². The molecule has 0 spiro atoms. The average Bonchev–Trinajstić information content (AvgIpc) is 2.67. The molecule has 1 aliphatic rings. The van der Waals surface area contributed by atoms with Crippen LogP contribution in [0.25, 0.3) is 0 Å². The van der Waals surface area contributed by atoms with Crippen molar-refractivity contribution >= 4 is 0 Å². The van der Waals surface area contributed by atoms with Gasteiger partial charge in [-0.2, -0.15) is 5.10 Å². The van der Waals surface area contributed by atoms with E-state index < -0.39 is 0 Å². The van der Waals surface area contributed by atoms with Crippen LogP contribution in [0.1, 0.15) is 38.4 Å². The van der Waals surface area contributed by atoms with E-state index in [4.69, 9.17) is 0 Å². The van der Waals surface area contributed by atoms with Crippen molar-refractivity contribution < 1.29 is 0 Å². The Balaban J connectivity index is 1.65. The quantitative estimate of drug-likeness (QED) is 0.840. The van der Waals surface area contributed by atoms with Crippen molar-refractivity contribution in [1.29, 1.82) is 0 Å². The Bertz CT molecular complexity index is 362. The highest BCUT2D eigenvalue weighted by Crippen LogP contribution is 2.11. The molecule has 1 unspecified atom stereocenters. The van der Waals surface area contributed by atoms with Crippen LogP contribution in [0.4, 0.5) is 0 Å². The van der Waals surface area contributed by atoms with Gasteiger partial charge in [0.2, 0.25) is 0 Å². The van der Waals surface area contributed by atoms with Gasteiger partial charge in [0, 0.05) is 26.1 Å². The molecule has 1 aromatic rings. The number of aromatic nitrogens is 3. The number of nitrogens with zero attached hydrogens (tertiary/aromatic N) is 4. The number of rotatable bonds is 6. The minimum Gasteiger partial charge on any atom is -0.313 e. The van der Waals surface area contributed by atoms with Gasteiger partial charge in [0.25, 0.3) is 0 Å². The monoisotopic (exact) mass is 265 g/mol. The predicted molar refractivity (Wildman–Crippen MR) is 77.1 cm³/mol. The van der Waals surface area contributed by atoms with Gasteiger partial charge in [-0.1, -0.05) is 6.92 Å². The fourth-order valence-electron chi connectivity index (χ4n) is 2.79. The zero-order valence-corrected chi connectivity index (χ0v) is 12.3. The van der Waals surface area contributed by atoms with E-state index in [1.54, 1.807) is 11.0 Å². The zero-order valence-electron chi connectivity index (χ0n) is 12.3. The summed E-state index contributed by atoms with van der Waals surface area (Å²) in [6.45, 7) is 7.02. The van der Waals surface area contributed by atoms with Crippen molar-refractivity contribution in [1.82, 2.24) is 25.0 Å². The third-order valence-electron chi connectivity index (χ3n) is 3.79. The molecule has 0 aromatic carbocycles. The molecule has 108 valence electrons. The largest absolute Gasteiger partial charge is 0.313 e. The van der Waals surface area contributed by atoms with E-state index >= 15 is 0 Å². The van der Waals surface area contributed by atoms with Crippen LogP contribution in [0.2, 0.25) is 0 Å². The summed E-state index contributed by atoms with van der Waals surface area (Å²) in [5, 5.41) is 7.97. The van der Waals surface area contributed by atoms with E-state index in [1.807, 2.05) is 7.05 Å². The first-order valence-corrected chi connectivity index (χ1v) is 7.58. The second-order valence-corrected chi connectivity index (χ2v) is 5.51. The lowest BCUT2D eigenvalue weighted by molar-refractivity contribution is 0.282. The normalized spacial score (nSPS) is 21.5. The van der Waals surface area contributed by atoms with E-state index in [2.05, 4.69) is 27.2 Å². The third-order valence-corrected chi connectivity index (χ3v) is 3.79. The van der Waals surface area contributed by atoms with E-state index in [0.717, 1.165) is 18.8 Å². The van der Waals surface area contributed by atoms with E-state index in [0.29, 0.717) is 6.04 Å². The maximum absolute atomic E-state index is 4.31. The molecule has 2 rings (SSSR count). The van der Waals surface area contributed by atoms with Gasteiger partial charge in [0.05, 0.1) is 0 Å². The predicted octanol–water partition coefficient (Wildman–Crippen LogP) is 1.21. The summed E-state index contributed by atoms with van der Waals surface area (Å²) in [4.78, 5) is 6.86. The fraction of sp³-hybridized carbons (Fsp3) is 0.857. The van der Waals surface area contributed by atoms with Crippen LogP contribution in [-0.4, -0.2) is 51.9 Å². The molecule has 5 nitrogen and oxygen atoms in total. The van der Waals surface area contributed by atoms with Crippen LogP contribution < -0.4 is 5.32 Å². The molecular weight excluding hydrogens is 238 g/mol. The van der Waals surface area contributed by atoms with Crippen LogP contribution in [0.3, 0.4) is 0 Å². The van der Waals surface area contributed by atoms with Gasteiger partial charge in [-0.25, -0.2) is 4.98 Å². The molecule has 0 bridgehead atoms. The van der Waals surface area contributed by atoms with E-state index in [-0.39, 0.29) is 0 Å². The zero-order chi connectivity index (χ0) is 13.5. The summed E-state index contributed by atoms with van der Waals surface area (Å²) in [6, 6.07) is 0.672. The number of aryl methyl sites for hydroxylation is 1. The van der Waals surface area contributed by atoms with Crippen LogP contribution in [0.15, 0.2) is 6.33 Å². The van der Waals surface area contributed by atoms with Crippen LogP contribution in [-0.2, 0) is 13.5 Å². The summed E-state index contributed by atoms with van der Waals surface area (Å²) >= 11 is 0. The van der Waals surface area contributed by atoms with Gasteiger partial charge in [-0.3, -0.25) is 4.68 Å². The molecule has 2 heterocycles. The Morgan fingerprint density at radius 1 is 1.37 bits per heavy atom. The summed E-state index contributed by atoms with van der Waals surface area (Å²) in [5.74, 6) is 0.941. The summed E-state index contributed by atoms with van der Waals surface area (Å²) < 4.78 is 1.77. The molecule has 1 aromatic heterocycles. The Morgan fingerprint density at radius 3 is 3.00 bits per heavy atom. The Hall–Kier alpha value is -0.940. The SMILES string of the molecule is CCCN1CCCC(NCCc2ncn(C)n2)CC1. The standard InChI is InChI=1S/C14H27N5/c1-3-9-19-10-4-5-13(7-11-19)15-8-6-14-16-12-18(2)17-14/h12-13,15H,3-11H2,1-2H3. The molecule has 1 fully saturated rings. The maximum Gasteiger partial charge on any atom is 0.151 e. The molecule has 0 saturated carbocycles. The van der Waals surface area contributed by atoms with E-state index in [1.165, 1.54) is 45.3 Å². The smallest absolute Gasteiger partial charge is 0.151 e. The molecule has 0 radical (unpaired) electrons. The highest BCUT2D eigenvalue weighted by atomic mass is 15.3. The number of hydrogen-bond acceptors (Lipinski definition) is 4. The minimum atomic E-state index is 0.672. The molecule has 0 amide bonds. The van der Waals surface area contributed by atoms with Crippen molar-refractivity contribution in [3.63, 3.8) is 0 Å². The van der Waals surface area contributed by atoms with E-state index in [9.17, 15) is 0 Å². The molecule has 5 heteroatoms. The van der Waals surface area contributed by atoms with Crippen molar-refractivity contribution in [3.8, 4) is 0 Å². The third kappa shape index (κ3) is 4.91. The van der Waals surface area contributed by atoms with Gasteiger partial charge in [-0.05, 0) is 45.3 Å². The first kappa shape index (κ1) is 14.5. The van der Waals surface area contributed by atoms with Gasteiger partial charge in [0.15, 0.2) is 5.82 Å². The average molecular weight is 265 g/mol. The van der Waals surface area contributed by atoms with Gasteiger partial charge >= 0.3 is 0 Å². The minimum absolute atomic E-state index is 0.672. The number of likely N-dealkylation sites (tertiary alicyclic amines) is 1. The highest BCUT2D eigenvalue weighted by molar-refractivity contribution is 4.83. The maximum atomic E-state index is 4.31. The van der Waals surface area contributed by atoms with Crippen molar-refractivity contribution in [3.05, 3.63) is 12.2 Å². The Labute approximate surface area is 116 Å². The molecular formula is C14H27N5. The van der Waals surface area contributed by atoms with Gasteiger partial charge < -0.3 is 10.2 Å². The van der Waals surface area contributed by atoms with Crippen LogP contribution in [0.5, 0.6) is 0 Å². The lowest BCUT2D eigenvalue weighted by Crippen LogP contribution is -2.32. The first-order valence-electron chi connectivity index (χ1n) is 7.58. The van der Waals surface area contributed by atoms with Crippen LogP contribution in [0, 0.1) is 0 Å². The second-order valence-electron chi connectivity index (χ2n) is 5.51. The number of nitrogens with one attached hydrogen (secondary N) is 1. The van der Waals surface area contributed by atoms with Gasteiger partial charge in [-0.15, -0.1) is 0 Å². The molecule has 1 saturated heterocycles. The molecule has 1 atom stereocenters. The molecule has 1 N–H and O–H groups in total. The lowest BCUT2D eigenvalue weighted by atomic mass is 10.1. The molecule has 1 aliphatic heterocycles. The van der Waals surface area contributed by atoms with Crippen molar-refractivity contribution in [2.75, 3.05) is 26.2 Å². The molecule has 19 heavy (non-hydrogen) atoms. The topological polar surface area (TPSA) is 46.0 Å². The lowest BCUT2D eigenvalue weighted by Gasteiger charge is -2.19. The number of hydrogen-bond donors (Lipinski definition) is 1. The molecule has 0 aliphatic carbocycles. The fourth-order valence-corrected chi connectivity index (χ4v) is 2.79. The van der Waals surface area contributed by atoms with Gasteiger partial charge in [0.1, 0.15) is 6.33 Å². The summed E-state index contributed by atoms with van der Waals surface area (Å²) in [7, 11) is 1.91. The second kappa shape index (κ2) is 7.60. The highest BCUT2D eigenvalue weighted by Gasteiger charge is 2.15. The first-order chi connectivity index (χ1) is 9.28.